The quantitative estimate of drug-likeness (QED) is 0.439. The van der Waals surface area contributed by atoms with E-state index in [4.69, 9.17) is 21.1 Å². The Morgan fingerprint density at radius 1 is 1.07 bits per heavy atom. The smallest absolute Gasteiger partial charge is 0.119 e. The first-order valence-corrected chi connectivity index (χ1v) is 10.1. The van der Waals surface area contributed by atoms with E-state index in [0.717, 1.165) is 27.2 Å². The highest BCUT2D eigenvalue weighted by Gasteiger charge is 2.23. The Morgan fingerprint density at radius 2 is 1.89 bits per heavy atom. The van der Waals surface area contributed by atoms with Gasteiger partial charge in [0, 0.05) is 9.50 Å². The van der Waals surface area contributed by atoms with Crippen molar-refractivity contribution in [1.82, 2.24) is 0 Å². The zero-order chi connectivity index (χ0) is 18.8. The monoisotopic (exact) mass is 442 g/mol. The average Bonchev–Trinajstić information content (AvgIpc) is 3.06. The molecule has 1 aliphatic heterocycles. The predicted octanol–water partition coefficient (Wildman–Crippen LogP) is 6.65. The summed E-state index contributed by atoms with van der Waals surface area (Å²) in [5.41, 5.74) is 6.07. The van der Waals surface area contributed by atoms with Gasteiger partial charge in [0.2, 0.25) is 0 Å². The minimum Gasteiger partial charge on any atom is -0.491 e. The molecule has 0 aromatic heterocycles. The van der Waals surface area contributed by atoms with Gasteiger partial charge in [0.1, 0.15) is 18.5 Å². The van der Waals surface area contributed by atoms with Crippen LogP contribution in [0.25, 0.3) is 0 Å². The molecule has 1 atom stereocenters. The van der Waals surface area contributed by atoms with Gasteiger partial charge in [-0.05, 0) is 65.9 Å². The Bertz CT molecular complexity index is 953. The largest absolute Gasteiger partial charge is 0.491 e. The van der Waals surface area contributed by atoms with Crippen molar-refractivity contribution in [3.63, 3.8) is 0 Å². The summed E-state index contributed by atoms with van der Waals surface area (Å²) < 4.78 is 12.9. The maximum Gasteiger partial charge on any atom is 0.119 e. The summed E-state index contributed by atoms with van der Waals surface area (Å²) in [6.45, 7) is 3.29. The maximum atomic E-state index is 6.29. The van der Waals surface area contributed by atoms with Crippen molar-refractivity contribution >= 4 is 27.5 Å². The molecule has 0 saturated carbocycles. The lowest BCUT2D eigenvalue weighted by molar-refractivity contribution is 0.0309. The summed E-state index contributed by atoms with van der Waals surface area (Å²) in [6, 6.07) is 20.6. The standard InChI is InChI=1S/C23H20BrClO2/c1-15-2-8-21-18(10-15)13-27-23(21)14-26-20-6-3-16(4-7-20)11-17-12-19(24)5-9-22(17)25/h2-10,12,23H,11,13-14H2,1H3. The lowest BCUT2D eigenvalue weighted by Gasteiger charge is -2.13. The van der Waals surface area contributed by atoms with E-state index in [0.29, 0.717) is 13.2 Å². The number of rotatable bonds is 5. The molecule has 2 nitrogen and oxygen atoms in total. The second kappa shape index (κ2) is 8.05. The summed E-state index contributed by atoms with van der Waals surface area (Å²) in [5.74, 6) is 0.850. The molecule has 138 valence electrons. The normalized spacial score (nSPS) is 15.6. The molecule has 3 aromatic carbocycles. The minimum atomic E-state index is 0.000696. The Balaban J connectivity index is 1.38. The minimum absolute atomic E-state index is 0.000696. The van der Waals surface area contributed by atoms with E-state index < -0.39 is 0 Å². The highest BCUT2D eigenvalue weighted by molar-refractivity contribution is 9.10. The lowest BCUT2D eigenvalue weighted by atomic mass is 10.0. The third-order valence-electron chi connectivity index (χ3n) is 4.81. The fraction of sp³-hybridized carbons (Fsp3) is 0.217. The molecule has 4 rings (SSSR count). The van der Waals surface area contributed by atoms with Crippen LogP contribution in [0, 0.1) is 6.92 Å². The molecule has 0 bridgehead atoms. The van der Waals surface area contributed by atoms with Crippen molar-refractivity contribution < 1.29 is 9.47 Å². The molecule has 0 aliphatic carbocycles. The van der Waals surface area contributed by atoms with Crippen molar-refractivity contribution in [2.75, 3.05) is 6.61 Å². The molecule has 0 spiro atoms. The van der Waals surface area contributed by atoms with Crippen molar-refractivity contribution in [3.8, 4) is 5.75 Å². The Kier molecular flexibility index (Phi) is 5.53. The molecule has 1 unspecified atom stereocenters. The van der Waals surface area contributed by atoms with Gasteiger partial charge in [0.25, 0.3) is 0 Å². The van der Waals surface area contributed by atoms with Crippen LogP contribution in [0.1, 0.15) is 33.9 Å². The topological polar surface area (TPSA) is 18.5 Å². The Labute approximate surface area is 173 Å². The van der Waals surface area contributed by atoms with Gasteiger partial charge < -0.3 is 9.47 Å². The van der Waals surface area contributed by atoms with Gasteiger partial charge in [-0.15, -0.1) is 0 Å². The van der Waals surface area contributed by atoms with Crippen molar-refractivity contribution in [1.29, 1.82) is 0 Å². The average molecular weight is 444 g/mol. The van der Waals surface area contributed by atoms with Gasteiger partial charge in [-0.1, -0.05) is 63.4 Å². The van der Waals surface area contributed by atoms with E-state index in [9.17, 15) is 0 Å². The molecule has 0 N–H and O–H groups in total. The number of aryl methyl sites for hydroxylation is 1. The zero-order valence-corrected chi connectivity index (χ0v) is 17.4. The Hall–Kier alpha value is -1.81. The summed E-state index contributed by atoms with van der Waals surface area (Å²) >= 11 is 9.79. The van der Waals surface area contributed by atoms with Crippen molar-refractivity contribution in [2.45, 2.75) is 26.1 Å². The Morgan fingerprint density at radius 3 is 2.70 bits per heavy atom. The summed E-state index contributed by atoms with van der Waals surface area (Å²) in [5, 5.41) is 0.783. The molecule has 4 heteroatoms. The van der Waals surface area contributed by atoms with Crippen LogP contribution in [0.2, 0.25) is 5.02 Å². The number of hydrogen-bond donors (Lipinski definition) is 0. The number of fused-ring (bicyclic) bond motifs is 1. The van der Waals surface area contributed by atoms with Crippen LogP contribution in [0.4, 0.5) is 0 Å². The molecule has 27 heavy (non-hydrogen) atoms. The van der Waals surface area contributed by atoms with E-state index in [2.05, 4.69) is 59.3 Å². The second-order valence-corrected chi connectivity index (χ2v) is 8.19. The number of benzene rings is 3. The van der Waals surface area contributed by atoms with Crippen LogP contribution in [-0.2, 0) is 17.8 Å². The second-order valence-electron chi connectivity index (χ2n) is 6.87. The van der Waals surface area contributed by atoms with Gasteiger partial charge in [0.05, 0.1) is 6.61 Å². The number of halogens is 2. The molecule has 0 fully saturated rings. The summed E-state index contributed by atoms with van der Waals surface area (Å²) in [7, 11) is 0. The van der Waals surface area contributed by atoms with Gasteiger partial charge in [-0.3, -0.25) is 0 Å². The van der Waals surface area contributed by atoms with E-state index in [1.807, 2.05) is 24.3 Å². The van der Waals surface area contributed by atoms with Crippen molar-refractivity contribution in [2.24, 2.45) is 0 Å². The zero-order valence-electron chi connectivity index (χ0n) is 15.0. The molecule has 1 heterocycles. The number of ether oxygens (including phenoxy) is 2. The molecule has 0 amide bonds. The van der Waals surface area contributed by atoms with E-state index >= 15 is 0 Å². The molecule has 0 radical (unpaired) electrons. The highest BCUT2D eigenvalue weighted by atomic mass is 79.9. The van der Waals surface area contributed by atoms with Gasteiger partial charge in [0.15, 0.2) is 0 Å². The fourth-order valence-corrected chi connectivity index (χ4v) is 3.96. The van der Waals surface area contributed by atoms with Crippen LogP contribution >= 0.6 is 27.5 Å². The van der Waals surface area contributed by atoms with Crippen LogP contribution in [-0.4, -0.2) is 6.61 Å². The summed E-state index contributed by atoms with van der Waals surface area (Å²) in [6.07, 6.45) is 0.789. The van der Waals surface area contributed by atoms with Gasteiger partial charge in [-0.2, -0.15) is 0 Å². The first-order valence-electron chi connectivity index (χ1n) is 8.95. The molecule has 1 aliphatic rings. The predicted molar refractivity (Wildman–Crippen MR) is 113 cm³/mol. The molecule has 3 aromatic rings. The lowest BCUT2D eigenvalue weighted by Crippen LogP contribution is -2.09. The van der Waals surface area contributed by atoms with Crippen LogP contribution < -0.4 is 4.74 Å². The van der Waals surface area contributed by atoms with Crippen LogP contribution in [0.3, 0.4) is 0 Å². The van der Waals surface area contributed by atoms with E-state index in [-0.39, 0.29) is 6.10 Å². The van der Waals surface area contributed by atoms with E-state index in [1.165, 1.54) is 22.3 Å². The highest BCUT2D eigenvalue weighted by Crippen LogP contribution is 2.32. The van der Waals surface area contributed by atoms with E-state index in [1.54, 1.807) is 0 Å². The third-order valence-corrected chi connectivity index (χ3v) is 5.67. The maximum absolute atomic E-state index is 6.29. The van der Waals surface area contributed by atoms with Gasteiger partial charge >= 0.3 is 0 Å². The van der Waals surface area contributed by atoms with Crippen molar-refractivity contribution in [3.05, 3.63) is 98.0 Å². The summed E-state index contributed by atoms with van der Waals surface area (Å²) in [4.78, 5) is 0. The molecule has 0 saturated heterocycles. The van der Waals surface area contributed by atoms with Crippen LogP contribution in [0.15, 0.2) is 65.1 Å². The SMILES string of the molecule is Cc1ccc2c(c1)COC2COc1ccc(Cc2cc(Br)ccc2Cl)cc1. The first-order chi connectivity index (χ1) is 13.1. The molecular weight excluding hydrogens is 424 g/mol. The third kappa shape index (κ3) is 4.37. The number of hydrogen-bond acceptors (Lipinski definition) is 2. The van der Waals surface area contributed by atoms with Gasteiger partial charge in [-0.25, -0.2) is 0 Å². The molecular formula is C23H20BrClO2. The first kappa shape index (κ1) is 18.5. The fourth-order valence-electron chi connectivity index (χ4n) is 3.37. The van der Waals surface area contributed by atoms with Crippen LogP contribution in [0.5, 0.6) is 5.75 Å².